The molecular formula is C34H28Cl2FeP2Pd. The van der Waals surface area contributed by atoms with Crippen molar-refractivity contribution in [2.75, 3.05) is 0 Å². The van der Waals surface area contributed by atoms with Gasteiger partial charge in [-0.1, -0.05) is 143 Å². The average molecular weight is 732 g/mol. The fraction of sp³-hybridized carbons (Fsp3) is 0.0588. The fourth-order valence-electron chi connectivity index (χ4n) is 4.31. The van der Waals surface area contributed by atoms with Gasteiger partial charge in [0.15, 0.2) is 0 Å². The van der Waals surface area contributed by atoms with Crippen LogP contribution in [0.4, 0.5) is 0 Å². The van der Waals surface area contributed by atoms with Gasteiger partial charge in [0.05, 0.1) is 0 Å². The molecule has 0 nitrogen and oxygen atoms in total. The van der Waals surface area contributed by atoms with Crippen molar-refractivity contribution in [1.29, 1.82) is 0 Å². The van der Waals surface area contributed by atoms with Crippen LogP contribution in [0.1, 0.15) is 6.42 Å². The second-order valence-corrected chi connectivity index (χ2v) is 15.3. The summed E-state index contributed by atoms with van der Waals surface area (Å²) < 4.78 is 0. The summed E-state index contributed by atoms with van der Waals surface area (Å²) in [6.07, 6.45) is 18.7. The van der Waals surface area contributed by atoms with Gasteiger partial charge < -0.3 is 0 Å². The predicted molar refractivity (Wildman–Crippen MR) is 171 cm³/mol. The van der Waals surface area contributed by atoms with Gasteiger partial charge in [-0.2, -0.15) is 17.5 Å². The molecule has 0 bridgehead atoms. The van der Waals surface area contributed by atoms with Crippen molar-refractivity contribution in [2.45, 2.75) is 12.1 Å². The van der Waals surface area contributed by atoms with E-state index in [1.54, 1.807) is 0 Å². The van der Waals surface area contributed by atoms with Crippen LogP contribution in [-0.4, -0.2) is 5.66 Å². The second-order valence-electron chi connectivity index (χ2n) is 8.42. The van der Waals surface area contributed by atoms with Crippen molar-refractivity contribution in [1.82, 2.24) is 0 Å². The van der Waals surface area contributed by atoms with E-state index >= 15 is 0 Å². The monoisotopic (exact) mass is 730 g/mol. The number of rotatable bonds is 6. The van der Waals surface area contributed by atoms with E-state index in [9.17, 15) is 0 Å². The zero-order valence-electron chi connectivity index (χ0n) is 21.5. The molecule has 0 aliphatic heterocycles. The van der Waals surface area contributed by atoms with Crippen LogP contribution in [-0.2, 0) is 33.0 Å². The molecule has 0 saturated carbocycles. The van der Waals surface area contributed by atoms with E-state index in [4.69, 9.17) is 19.1 Å². The van der Waals surface area contributed by atoms with E-state index in [0.717, 1.165) is 6.42 Å². The maximum atomic E-state index is 4.81. The van der Waals surface area contributed by atoms with Crippen molar-refractivity contribution in [3.63, 3.8) is 0 Å². The first-order valence-corrected chi connectivity index (χ1v) is 19.2. The summed E-state index contributed by atoms with van der Waals surface area (Å²) in [6.45, 7) is 0. The van der Waals surface area contributed by atoms with Gasteiger partial charge in [0.25, 0.3) is 0 Å². The molecule has 2 aliphatic rings. The smallest absolute Gasteiger partial charge is 2.00 e. The van der Waals surface area contributed by atoms with Gasteiger partial charge in [-0.15, -0.1) is 6.42 Å². The Kier molecular flexibility index (Phi) is 15.5. The van der Waals surface area contributed by atoms with Gasteiger partial charge in [0.2, 0.25) is 0 Å². The molecule has 0 saturated heterocycles. The Morgan fingerprint density at radius 3 is 1.43 bits per heavy atom. The van der Waals surface area contributed by atoms with Gasteiger partial charge in [-0.3, -0.25) is 12.2 Å². The van der Waals surface area contributed by atoms with E-state index in [1.165, 1.54) is 26.5 Å². The van der Waals surface area contributed by atoms with Crippen molar-refractivity contribution >= 4 is 56.1 Å². The summed E-state index contributed by atoms with van der Waals surface area (Å²) in [5.74, 6) is 0. The molecule has 0 radical (unpaired) electrons. The van der Waals surface area contributed by atoms with Gasteiger partial charge in [0, 0.05) is 0 Å². The van der Waals surface area contributed by atoms with Crippen LogP contribution in [0, 0.1) is 12.2 Å². The van der Waals surface area contributed by atoms with Crippen LogP contribution in [0.5, 0.6) is 0 Å². The van der Waals surface area contributed by atoms with Crippen LogP contribution >= 0.6 is 34.9 Å². The molecule has 0 amide bonds. The Bertz CT molecular complexity index is 1290. The normalized spacial score (nSPS) is 14.7. The third kappa shape index (κ3) is 9.78. The summed E-state index contributed by atoms with van der Waals surface area (Å²) in [7, 11) is 8.81. The Morgan fingerprint density at radius 1 is 0.650 bits per heavy atom. The molecule has 6 rings (SSSR count). The van der Waals surface area contributed by atoms with Crippen LogP contribution < -0.4 is 21.2 Å². The molecule has 4 aromatic carbocycles. The van der Waals surface area contributed by atoms with E-state index in [-0.39, 0.29) is 40.9 Å². The van der Waals surface area contributed by atoms with Crippen molar-refractivity contribution in [2.24, 2.45) is 0 Å². The molecule has 6 heteroatoms. The minimum Gasteiger partial charge on any atom is 2.00 e. The molecule has 40 heavy (non-hydrogen) atoms. The van der Waals surface area contributed by atoms with Crippen LogP contribution in [0.3, 0.4) is 0 Å². The van der Waals surface area contributed by atoms with Crippen LogP contribution in [0.25, 0.3) is 0 Å². The Balaban J connectivity index is 0.000000197. The summed E-state index contributed by atoms with van der Waals surface area (Å²) in [5.41, 5.74) is 0.407. The zero-order chi connectivity index (χ0) is 27.1. The van der Waals surface area contributed by atoms with Gasteiger partial charge >= 0.3 is 52.1 Å². The molecular weight excluding hydrogens is 703 g/mol. The number of hydrogen-bond acceptors (Lipinski definition) is 0. The largest absolute Gasteiger partial charge is 2.00 e. The molecule has 4 aromatic rings. The Morgan fingerprint density at radius 2 is 1.07 bits per heavy atom. The number of benzene rings is 4. The minimum absolute atomic E-state index is 0. The summed E-state index contributed by atoms with van der Waals surface area (Å²) in [4.78, 5) is 0. The van der Waals surface area contributed by atoms with E-state index in [1.807, 2.05) is 6.08 Å². The minimum atomic E-state index is -0.433. The molecule has 2 aliphatic carbocycles. The van der Waals surface area contributed by atoms with Crippen molar-refractivity contribution in [3.8, 4) is 0 Å². The standard InChI is InChI=1S/2C17H14P.2ClH.Fe.Pd/c2*1-3-9-15(10-4-1)18(17-13-7-8-14-17)16-11-5-2-6-12-16;;;;/h1-7,9-13H,8H2;1-13,17H;2*1H;;/q2*-1;;;2*+2/p-2. The van der Waals surface area contributed by atoms with Gasteiger partial charge in [0.1, 0.15) is 0 Å². The fourth-order valence-corrected chi connectivity index (χ4v) is 9.04. The third-order valence-corrected chi connectivity index (χ3v) is 11.0. The zero-order valence-corrected chi connectivity index (χ0v) is 27.5. The Labute approximate surface area is 268 Å². The first-order valence-electron chi connectivity index (χ1n) is 12.5. The topological polar surface area (TPSA) is 0 Å². The van der Waals surface area contributed by atoms with E-state index in [2.05, 4.69) is 158 Å². The summed E-state index contributed by atoms with van der Waals surface area (Å²) in [5, 5.41) is 6.97. The number of halogens is 2. The molecule has 206 valence electrons. The quantitative estimate of drug-likeness (QED) is 0.106. The number of hydrogen-bond donors (Lipinski definition) is 0. The first kappa shape index (κ1) is 33.0. The van der Waals surface area contributed by atoms with Gasteiger partial charge in [-0.05, 0) is 21.2 Å². The molecule has 0 aromatic heterocycles. The van der Waals surface area contributed by atoms with Crippen LogP contribution in [0.15, 0.2) is 157 Å². The molecule has 0 fully saturated rings. The molecule has 1 atom stereocenters. The molecule has 0 N–H and O–H groups in total. The van der Waals surface area contributed by atoms with Crippen LogP contribution in [0.2, 0.25) is 0 Å². The van der Waals surface area contributed by atoms with Crippen molar-refractivity contribution in [3.05, 3.63) is 169 Å². The SMILES string of the molecule is [C-]1=C(P(c2ccccc2)c2ccccc2)C=CC1.[C-]1=CC=CC1P(c1ccccc1)c1ccccc1.[Cl][Pd][Cl].[Fe+2]. The predicted octanol–water partition coefficient (Wildman–Crippen LogP) is 8.56. The average Bonchev–Trinajstić information content (AvgIpc) is 3.72. The summed E-state index contributed by atoms with van der Waals surface area (Å²) in [6, 6.07) is 43.1. The maximum absolute atomic E-state index is 4.81. The number of allylic oxidation sites excluding steroid dienone is 8. The second kappa shape index (κ2) is 18.8. The third-order valence-electron chi connectivity index (χ3n) is 5.95. The molecule has 1 unspecified atom stereocenters. The Hall–Kier alpha value is -1.54. The maximum Gasteiger partial charge on any atom is 2.00 e. The van der Waals surface area contributed by atoms with E-state index in [0.29, 0.717) is 5.66 Å². The van der Waals surface area contributed by atoms with Gasteiger partial charge in [-0.25, -0.2) is 18.2 Å². The summed E-state index contributed by atoms with van der Waals surface area (Å²) >= 11 is -0.106. The molecule has 0 heterocycles. The first-order chi connectivity index (χ1) is 19.3. The van der Waals surface area contributed by atoms with E-state index < -0.39 is 7.92 Å². The molecule has 0 spiro atoms. The van der Waals surface area contributed by atoms with Crippen molar-refractivity contribution < 1.29 is 33.0 Å².